The quantitative estimate of drug-likeness (QED) is 0.441. The summed E-state index contributed by atoms with van der Waals surface area (Å²) in [5.74, 6) is 0.706. The van der Waals surface area contributed by atoms with E-state index in [0.29, 0.717) is 18.2 Å². The molecule has 3 N–H and O–H groups in total. The molecule has 0 aromatic heterocycles. The fourth-order valence-corrected chi connectivity index (χ4v) is 3.56. The number of hydrogen-bond acceptors (Lipinski definition) is 3. The number of benzene rings is 2. The summed E-state index contributed by atoms with van der Waals surface area (Å²) in [7, 11) is -3.34. The van der Waals surface area contributed by atoms with Crippen LogP contribution in [0.4, 0.5) is 5.69 Å². The van der Waals surface area contributed by atoms with Crippen LogP contribution in [0.5, 0.6) is 0 Å². The minimum atomic E-state index is -3.34. The monoisotopic (exact) mass is 430 g/mol. The number of nitrogens with zero attached hydrogens (tertiary/aromatic N) is 1. The van der Waals surface area contributed by atoms with Crippen LogP contribution in [0.25, 0.3) is 0 Å². The first-order valence-electron chi connectivity index (χ1n) is 10.3. The summed E-state index contributed by atoms with van der Waals surface area (Å²) in [6, 6.07) is 16.0. The number of anilines is 1. The molecule has 0 radical (unpaired) electrons. The van der Waals surface area contributed by atoms with Gasteiger partial charge < -0.3 is 10.6 Å². The van der Waals surface area contributed by atoms with Crippen LogP contribution in [-0.2, 0) is 28.4 Å². The second kappa shape index (κ2) is 10.5. The van der Waals surface area contributed by atoms with E-state index in [4.69, 9.17) is 0 Å². The molecule has 0 spiro atoms. The Bertz CT molecular complexity index is 946. The van der Waals surface area contributed by atoms with Crippen LogP contribution in [0.15, 0.2) is 53.5 Å². The maximum atomic E-state index is 11.6. The van der Waals surface area contributed by atoms with Crippen molar-refractivity contribution in [2.45, 2.75) is 46.1 Å². The number of hydrogen-bond donors (Lipinski definition) is 3. The number of aliphatic imine (C=N–C) groups is 1. The topological polar surface area (TPSA) is 82.6 Å². The third kappa shape index (κ3) is 8.06. The molecule has 2 aromatic carbocycles. The molecule has 164 valence electrons. The molecule has 0 saturated carbocycles. The average molecular weight is 431 g/mol. The van der Waals surface area contributed by atoms with Gasteiger partial charge in [-0.15, -0.1) is 0 Å². The molecule has 0 aliphatic heterocycles. The third-order valence-corrected chi connectivity index (χ3v) is 5.18. The molecule has 6 nitrogen and oxygen atoms in total. The van der Waals surface area contributed by atoms with Gasteiger partial charge in [0.05, 0.1) is 18.5 Å². The predicted octanol–water partition coefficient (Wildman–Crippen LogP) is 3.65. The first-order valence-corrected chi connectivity index (χ1v) is 12.1. The maximum absolute atomic E-state index is 11.6. The van der Waals surface area contributed by atoms with Gasteiger partial charge in [0.1, 0.15) is 0 Å². The van der Waals surface area contributed by atoms with Gasteiger partial charge in [0.25, 0.3) is 0 Å². The maximum Gasteiger partial charge on any atom is 0.229 e. The number of sulfonamides is 1. The van der Waals surface area contributed by atoms with Crippen LogP contribution >= 0.6 is 0 Å². The van der Waals surface area contributed by atoms with Gasteiger partial charge in [-0.05, 0) is 41.5 Å². The first-order chi connectivity index (χ1) is 14.1. The van der Waals surface area contributed by atoms with E-state index in [1.807, 2.05) is 19.1 Å². The molecule has 0 bridgehead atoms. The molecule has 0 aliphatic carbocycles. The Morgan fingerprint density at radius 1 is 1.00 bits per heavy atom. The predicted molar refractivity (Wildman–Crippen MR) is 127 cm³/mol. The average Bonchev–Trinajstić information content (AvgIpc) is 2.65. The normalized spacial score (nSPS) is 12.5. The SMILES string of the molecule is CCNC(=NCc1ccccc1NS(C)(=O)=O)NCCc1ccc(C(C)(C)C)cc1. The van der Waals surface area contributed by atoms with Gasteiger partial charge in [0, 0.05) is 13.1 Å². The van der Waals surface area contributed by atoms with E-state index in [0.717, 1.165) is 31.3 Å². The Morgan fingerprint density at radius 2 is 1.67 bits per heavy atom. The fourth-order valence-electron chi connectivity index (χ4n) is 2.96. The van der Waals surface area contributed by atoms with E-state index in [1.54, 1.807) is 12.1 Å². The first kappa shape index (κ1) is 23.7. The molecule has 0 fully saturated rings. The minimum Gasteiger partial charge on any atom is -0.357 e. The minimum absolute atomic E-state index is 0.157. The van der Waals surface area contributed by atoms with Crippen molar-refractivity contribution in [3.8, 4) is 0 Å². The van der Waals surface area contributed by atoms with E-state index in [2.05, 4.69) is 65.4 Å². The van der Waals surface area contributed by atoms with Gasteiger partial charge >= 0.3 is 0 Å². The number of nitrogens with one attached hydrogen (secondary N) is 3. The van der Waals surface area contributed by atoms with Gasteiger partial charge in [-0.3, -0.25) is 4.72 Å². The number of para-hydroxylation sites is 1. The van der Waals surface area contributed by atoms with Gasteiger partial charge in [-0.1, -0.05) is 63.2 Å². The summed E-state index contributed by atoms with van der Waals surface area (Å²) >= 11 is 0. The van der Waals surface area contributed by atoms with Crippen molar-refractivity contribution in [3.05, 3.63) is 65.2 Å². The van der Waals surface area contributed by atoms with Crippen LogP contribution in [0.2, 0.25) is 0 Å². The Kier molecular flexibility index (Phi) is 8.29. The van der Waals surface area contributed by atoms with Crippen LogP contribution < -0.4 is 15.4 Å². The molecule has 0 atom stereocenters. The highest BCUT2D eigenvalue weighted by Crippen LogP contribution is 2.22. The van der Waals surface area contributed by atoms with Gasteiger partial charge in [0.15, 0.2) is 5.96 Å². The fraction of sp³-hybridized carbons (Fsp3) is 0.435. The highest BCUT2D eigenvalue weighted by Gasteiger charge is 2.12. The summed E-state index contributed by atoms with van der Waals surface area (Å²) in [5.41, 5.74) is 4.13. The summed E-state index contributed by atoms with van der Waals surface area (Å²) in [6.45, 7) is 10.5. The summed E-state index contributed by atoms with van der Waals surface area (Å²) in [5, 5.41) is 6.59. The Labute approximate surface area is 181 Å². The van der Waals surface area contributed by atoms with E-state index >= 15 is 0 Å². The molecule has 30 heavy (non-hydrogen) atoms. The van der Waals surface area contributed by atoms with E-state index in [-0.39, 0.29) is 5.41 Å². The molecule has 2 aromatic rings. The van der Waals surface area contributed by atoms with Gasteiger partial charge in [0.2, 0.25) is 10.0 Å². The van der Waals surface area contributed by atoms with Crippen LogP contribution in [0.1, 0.15) is 44.4 Å². The molecule has 0 amide bonds. The Morgan fingerprint density at radius 3 is 2.27 bits per heavy atom. The van der Waals surface area contributed by atoms with E-state index in [9.17, 15) is 8.42 Å². The van der Waals surface area contributed by atoms with Crippen LogP contribution in [0.3, 0.4) is 0 Å². The van der Waals surface area contributed by atoms with Crippen LogP contribution in [-0.4, -0.2) is 33.7 Å². The molecule has 0 aliphatic rings. The van der Waals surface area contributed by atoms with E-state index in [1.165, 1.54) is 11.1 Å². The largest absolute Gasteiger partial charge is 0.357 e. The standard InChI is InChI=1S/C23H34N4O2S/c1-6-24-22(25-16-15-18-11-13-20(14-12-18)23(2,3)4)26-17-19-9-7-8-10-21(19)27-30(5,28)29/h7-14,27H,6,15-17H2,1-5H3,(H2,24,25,26). The highest BCUT2D eigenvalue weighted by atomic mass is 32.2. The lowest BCUT2D eigenvalue weighted by Gasteiger charge is -2.19. The zero-order chi connectivity index (χ0) is 22.2. The molecule has 7 heteroatoms. The molecule has 0 saturated heterocycles. The number of rotatable bonds is 8. The Hall–Kier alpha value is -2.54. The van der Waals surface area contributed by atoms with Crippen molar-refractivity contribution >= 4 is 21.7 Å². The molecule has 0 unspecified atom stereocenters. The van der Waals surface area contributed by atoms with Crippen molar-refractivity contribution in [2.24, 2.45) is 4.99 Å². The lowest BCUT2D eigenvalue weighted by molar-refractivity contribution is 0.590. The molecular formula is C23H34N4O2S. The van der Waals surface area contributed by atoms with Crippen molar-refractivity contribution in [1.29, 1.82) is 0 Å². The molecule has 0 heterocycles. The second-order valence-electron chi connectivity index (χ2n) is 8.35. The lowest BCUT2D eigenvalue weighted by Crippen LogP contribution is -2.38. The second-order valence-corrected chi connectivity index (χ2v) is 10.1. The number of guanidine groups is 1. The van der Waals surface area contributed by atoms with Gasteiger partial charge in [-0.25, -0.2) is 13.4 Å². The summed E-state index contributed by atoms with van der Waals surface area (Å²) in [4.78, 5) is 4.61. The molecule has 2 rings (SSSR count). The zero-order valence-corrected chi connectivity index (χ0v) is 19.4. The summed E-state index contributed by atoms with van der Waals surface area (Å²) < 4.78 is 25.7. The zero-order valence-electron chi connectivity index (χ0n) is 18.6. The Balaban J connectivity index is 1.99. The summed E-state index contributed by atoms with van der Waals surface area (Å²) in [6.07, 6.45) is 2.04. The van der Waals surface area contributed by atoms with Gasteiger partial charge in [-0.2, -0.15) is 0 Å². The highest BCUT2D eigenvalue weighted by molar-refractivity contribution is 7.92. The van der Waals surface area contributed by atoms with E-state index < -0.39 is 10.0 Å². The van der Waals surface area contributed by atoms with Crippen molar-refractivity contribution in [3.63, 3.8) is 0 Å². The lowest BCUT2D eigenvalue weighted by atomic mass is 9.86. The van der Waals surface area contributed by atoms with Crippen molar-refractivity contribution < 1.29 is 8.42 Å². The van der Waals surface area contributed by atoms with Crippen molar-refractivity contribution in [2.75, 3.05) is 24.1 Å². The molecular weight excluding hydrogens is 396 g/mol. The van der Waals surface area contributed by atoms with Crippen molar-refractivity contribution in [1.82, 2.24) is 10.6 Å². The third-order valence-electron chi connectivity index (χ3n) is 4.59. The van der Waals surface area contributed by atoms with Crippen LogP contribution in [0, 0.1) is 0 Å². The smallest absolute Gasteiger partial charge is 0.229 e.